The van der Waals surface area contributed by atoms with Crippen molar-refractivity contribution in [1.82, 2.24) is 10.6 Å². The van der Waals surface area contributed by atoms with Crippen LogP contribution in [0.3, 0.4) is 0 Å². The quantitative estimate of drug-likeness (QED) is 0.381. The summed E-state index contributed by atoms with van der Waals surface area (Å²) >= 11 is 5.95. The Hall–Kier alpha value is -2.76. The SMILES string of the molecule is CS(=O)(=O)Nc1cc(C(=O)NCCNC(=O)C[C@H](N)[C@H]2CCc3cc(F)c(F)cc32)ccc1Cl. The number of benzene rings is 2. The van der Waals surface area contributed by atoms with Gasteiger partial charge in [-0.05, 0) is 54.3 Å². The van der Waals surface area contributed by atoms with E-state index in [1.807, 2.05) is 0 Å². The van der Waals surface area contributed by atoms with Crippen LogP contribution < -0.4 is 21.1 Å². The average molecular weight is 515 g/mol. The van der Waals surface area contributed by atoms with Crippen LogP contribution in [-0.2, 0) is 21.2 Å². The molecule has 0 aromatic heterocycles. The number of sulfonamides is 1. The van der Waals surface area contributed by atoms with Gasteiger partial charge in [-0.1, -0.05) is 11.6 Å². The number of amides is 2. The summed E-state index contributed by atoms with van der Waals surface area (Å²) in [6.45, 7) is 0.258. The Morgan fingerprint density at radius 1 is 1.15 bits per heavy atom. The maximum absolute atomic E-state index is 13.6. The topological polar surface area (TPSA) is 130 Å². The lowest BCUT2D eigenvalue weighted by Crippen LogP contribution is -2.38. The van der Waals surface area contributed by atoms with Crippen LogP contribution in [0.4, 0.5) is 14.5 Å². The first-order valence-electron chi connectivity index (χ1n) is 10.5. The summed E-state index contributed by atoms with van der Waals surface area (Å²) in [5.41, 5.74) is 7.79. The molecule has 2 atom stereocenters. The van der Waals surface area contributed by atoms with Crippen LogP contribution in [0.25, 0.3) is 0 Å². The van der Waals surface area contributed by atoms with Crippen LogP contribution >= 0.6 is 11.6 Å². The summed E-state index contributed by atoms with van der Waals surface area (Å²) in [7, 11) is -3.57. The summed E-state index contributed by atoms with van der Waals surface area (Å²) in [6.07, 6.45) is 2.15. The lowest BCUT2D eigenvalue weighted by molar-refractivity contribution is -0.121. The molecule has 3 rings (SSSR count). The smallest absolute Gasteiger partial charge is 0.251 e. The minimum absolute atomic E-state index is 0.00520. The summed E-state index contributed by atoms with van der Waals surface area (Å²) in [6, 6.07) is 5.93. The molecule has 8 nitrogen and oxygen atoms in total. The normalized spacial score (nSPS) is 16.0. The molecule has 2 amide bonds. The minimum Gasteiger partial charge on any atom is -0.354 e. The molecule has 0 unspecified atom stereocenters. The first-order chi connectivity index (χ1) is 15.9. The van der Waals surface area contributed by atoms with Gasteiger partial charge in [0.15, 0.2) is 11.6 Å². The lowest BCUT2D eigenvalue weighted by Gasteiger charge is -2.20. The van der Waals surface area contributed by atoms with E-state index in [4.69, 9.17) is 17.3 Å². The maximum Gasteiger partial charge on any atom is 0.251 e. The Morgan fingerprint density at radius 3 is 2.53 bits per heavy atom. The number of aryl methyl sites for hydroxylation is 1. The van der Waals surface area contributed by atoms with Crippen LogP contribution in [0.2, 0.25) is 5.02 Å². The van der Waals surface area contributed by atoms with E-state index in [1.54, 1.807) is 0 Å². The molecule has 0 aliphatic heterocycles. The Bertz CT molecular complexity index is 1210. The highest BCUT2D eigenvalue weighted by Crippen LogP contribution is 2.36. The van der Waals surface area contributed by atoms with Crippen molar-refractivity contribution in [3.63, 3.8) is 0 Å². The molecule has 0 bridgehead atoms. The van der Waals surface area contributed by atoms with E-state index in [0.717, 1.165) is 12.3 Å². The van der Waals surface area contributed by atoms with Gasteiger partial charge in [0.1, 0.15) is 0 Å². The molecule has 34 heavy (non-hydrogen) atoms. The number of rotatable bonds is 9. The Kier molecular flexibility index (Phi) is 8.11. The Morgan fingerprint density at radius 2 is 1.82 bits per heavy atom. The number of carbonyl (C=O) groups is 2. The zero-order valence-electron chi connectivity index (χ0n) is 18.3. The van der Waals surface area contributed by atoms with Crippen molar-refractivity contribution in [1.29, 1.82) is 0 Å². The Labute approximate surface area is 201 Å². The summed E-state index contributed by atoms with van der Waals surface area (Å²) in [5.74, 6) is -2.87. The third kappa shape index (κ3) is 6.64. The van der Waals surface area contributed by atoms with Gasteiger partial charge >= 0.3 is 0 Å². The third-order valence-electron chi connectivity index (χ3n) is 5.50. The van der Waals surface area contributed by atoms with Gasteiger partial charge in [0, 0.05) is 37.0 Å². The number of hydrogen-bond donors (Lipinski definition) is 4. The van der Waals surface area contributed by atoms with Crippen LogP contribution in [0.5, 0.6) is 0 Å². The summed E-state index contributed by atoms with van der Waals surface area (Å²) in [5, 5.41) is 5.42. The van der Waals surface area contributed by atoms with E-state index in [0.29, 0.717) is 24.0 Å². The molecule has 2 aromatic carbocycles. The second-order valence-corrected chi connectivity index (χ2v) is 10.3. The zero-order chi connectivity index (χ0) is 25.0. The average Bonchev–Trinajstić information content (AvgIpc) is 3.14. The van der Waals surface area contributed by atoms with Gasteiger partial charge in [0.2, 0.25) is 15.9 Å². The standard InChI is InChI=1S/C22H25ClF2N4O4S/c1-34(32,33)29-20-9-13(3-5-16(20)23)22(31)28-7-6-27-21(30)11-19(26)14-4-2-12-8-17(24)18(25)10-15(12)14/h3,5,8-10,14,19,29H,2,4,6-7,11,26H2,1H3,(H,27,30)(H,28,31)/t14-,19-/m0/s1. The van der Waals surface area contributed by atoms with Crippen molar-refractivity contribution >= 4 is 39.1 Å². The van der Waals surface area contributed by atoms with Crippen molar-refractivity contribution in [3.05, 3.63) is 63.7 Å². The highest BCUT2D eigenvalue weighted by atomic mass is 35.5. The maximum atomic E-state index is 13.6. The predicted molar refractivity (Wildman–Crippen MR) is 125 cm³/mol. The Balaban J connectivity index is 1.46. The molecule has 0 saturated heterocycles. The number of nitrogens with one attached hydrogen (secondary N) is 3. The molecule has 5 N–H and O–H groups in total. The molecule has 2 aromatic rings. The number of carbonyl (C=O) groups excluding carboxylic acids is 2. The molecule has 184 valence electrons. The number of halogens is 3. The first-order valence-corrected chi connectivity index (χ1v) is 12.8. The van der Waals surface area contributed by atoms with E-state index >= 15 is 0 Å². The third-order valence-corrected chi connectivity index (χ3v) is 6.42. The van der Waals surface area contributed by atoms with Gasteiger partial charge in [-0.2, -0.15) is 0 Å². The number of nitrogens with two attached hydrogens (primary N) is 1. The van der Waals surface area contributed by atoms with Gasteiger partial charge in [-0.3, -0.25) is 14.3 Å². The first kappa shape index (κ1) is 25.9. The summed E-state index contributed by atoms with van der Waals surface area (Å²) < 4.78 is 52.1. The van der Waals surface area contributed by atoms with Crippen LogP contribution in [0.15, 0.2) is 30.3 Å². The largest absolute Gasteiger partial charge is 0.354 e. The fourth-order valence-corrected chi connectivity index (χ4v) is 4.72. The minimum atomic E-state index is -3.57. The molecular formula is C22H25ClF2N4O4S. The monoisotopic (exact) mass is 514 g/mol. The van der Waals surface area contributed by atoms with Crippen molar-refractivity contribution in [2.24, 2.45) is 5.73 Å². The van der Waals surface area contributed by atoms with Gasteiger partial charge in [0.25, 0.3) is 5.91 Å². The molecule has 0 heterocycles. The molecular weight excluding hydrogens is 490 g/mol. The van der Waals surface area contributed by atoms with Gasteiger partial charge < -0.3 is 16.4 Å². The summed E-state index contributed by atoms with van der Waals surface area (Å²) in [4.78, 5) is 24.6. The zero-order valence-corrected chi connectivity index (χ0v) is 19.9. The van der Waals surface area contributed by atoms with Gasteiger partial charge in [0.05, 0.1) is 17.0 Å². The number of fused-ring (bicyclic) bond motifs is 1. The van der Waals surface area contributed by atoms with E-state index in [9.17, 15) is 26.8 Å². The predicted octanol–water partition coefficient (Wildman–Crippen LogP) is 2.28. The highest BCUT2D eigenvalue weighted by Gasteiger charge is 2.30. The fourth-order valence-electron chi connectivity index (χ4n) is 3.93. The molecule has 1 aliphatic rings. The van der Waals surface area contributed by atoms with E-state index in [-0.39, 0.29) is 47.6 Å². The van der Waals surface area contributed by atoms with Crippen LogP contribution in [0.1, 0.15) is 40.2 Å². The second kappa shape index (κ2) is 10.7. The van der Waals surface area contributed by atoms with Crippen LogP contribution in [0, 0.1) is 11.6 Å². The van der Waals surface area contributed by atoms with Crippen molar-refractivity contribution < 1.29 is 26.8 Å². The molecule has 0 radical (unpaired) electrons. The molecule has 0 fully saturated rings. The molecule has 12 heteroatoms. The molecule has 0 spiro atoms. The molecule has 0 saturated carbocycles. The van der Waals surface area contributed by atoms with Crippen molar-refractivity contribution in [2.75, 3.05) is 24.1 Å². The lowest BCUT2D eigenvalue weighted by atomic mass is 9.91. The highest BCUT2D eigenvalue weighted by molar-refractivity contribution is 7.92. The second-order valence-electron chi connectivity index (χ2n) is 8.15. The van der Waals surface area contributed by atoms with E-state index in [1.165, 1.54) is 24.3 Å². The van der Waals surface area contributed by atoms with Gasteiger partial charge in [-0.15, -0.1) is 0 Å². The number of hydrogen-bond acceptors (Lipinski definition) is 5. The van der Waals surface area contributed by atoms with Crippen LogP contribution in [-0.4, -0.2) is 45.6 Å². The fraction of sp³-hybridized carbons (Fsp3) is 0.364. The molecule has 1 aliphatic carbocycles. The van der Waals surface area contributed by atoms with Gasteiger partial charge in [-0.25, -0.2) is 17.2 Å². The number of anilines is 1. The van der Waals surface area contributed by atoms with Crippen molar-refractivity contribution in [3.8, 4) is 0 Å². The van der Waals surface area contributed by atoms with E-state index in [2.05, 4.69) is 15.4 Å². The van der Waals surface area contributed by atoms with E-state index < -0.39 is 33.6 Å². The van der Waals surface area contributed by atoms with Crippen molar-refractivity contribution in [2.45, 2.75) is 31.2 Å².